The third-order valence-corrected chi connectivity index (χ3v) is 8.10. The van der Waals surface area contributed by atoms with Crippen molar-refractivity contribution in [1.82, 2.24) is 30.1 Å². The van der Waals surface area contributed by atoms with Crippen LogP contribution < -0.4 is 10.6 Å². The maximum atomic E-state index is 15.6. The molecule has 0 aliphatic carbocycles. The Kier molecular flexibility index (Phi) is 8.51. The van der Waals surface area contributed by atoms with Crippen LogP contribution in [0.4, 0.5) is 8.63 Å². The maximum absolute atomic E-state index is 15.6. The number of nitrogens with zero attached hydrogens (tertiary/aromatic N) is 5. The topological polar surface area (TPSA) is 115 Å². The fourth-order valence-electron chi connectivity index (χ4n) is 5.85. The number of rotatable bonds is 10. The molecule has 44 heavy (non-hydrogen) atoms. The van der Waals surface area contributed by atoms with Gasteiger partial charge in [0.2, 0.25) is 5.91 Å². The molecule has 1 fully saturated rings. The average Bonchev–Trinajstić information content (AvgIpc) is 3.64. The number of amides is 2. The molecule has 3 aliphatic heterocycles. The van der Waals surface area contributed by atoms with Crippen molar-refractivity contribution in [3.05, 3.63) is 65.0 Å². The van der Waals surface area contributed by atoms with E-state index in [2.05, 4.69) is 20.9 Å². The van der Waals surface area contributed by atoms with E-state index in [1.54, 1.807) is 49.9 Å². The van der Waals surface area contributed by atoms with Gasteiger partial charge in [-0.05, 0) is 51.4 Å². The highest BCUT2D eigenvalue weighted by molar-refractivity contribution is 6.58. The molecule has 5 rings (SSSR count). The summed E-state index contributed by atoms with van der Waals surface area (Å²) in [4.78, 5) is 24.9. The molecule has 14 heteroatoms. The number of ether oxygens (including phenoxy) is 2. The predicted octanol–water partition coefficient (Wildman–Crippen LogP) is 3.19. The van der Waals surface area contributed by atoms with Gasteiger partial charge in [0.15, 0.2) is 11.5 Å². The van der Waals surface area contributed by atoms with Gasteiger partial charge >= 0.3 is 6.97 Å². The van der Waals surface area contributed by atoms with E-state index < -0.39 is 24.3 Å². The molecule has 1 saturated heterocycles. The SMILES string of the molecule is CC1=CC(C)=[N+]2C1=Cc1ccc(CCCn3cc(CCNC(=O)/C=C\NC(=O)[C@@H]4OC(C)(C)OCC4(C)C)nn3)n1[B-]2(F)F. The molecule has 3 aliphatic rings. The Labute approximate surface area is 255 Å². The summed E-state index contributed by atoms with van der Waals surface area (Å²) in [5.41, 5.74) is 3.23. The molecule has 0 radical (unpaired) electrons. The van der Waals surface area contributed by atoms with Crippen LogP contribution in [0.25, 0.3) is 6.08 Å². The summed E-state index contributed by atoms with van der Waals surface area (Å²) in [7, 11) is 0. The highest BCUT2D eigenvalue weighted by Crippen LogP contribution is 2.36. The van der Waals surface area contributed by atoms with Crippen LogP contribution in [0, 0.1) is 5.41 Å². The van der Waals surface area contributed by atoms with Gasteiger partial charge in [-0.25, -0.2) is 0 Å². The summed E-state index contributed by atoms with van der Waals surface area (Å²) >= 11 is 0. The van der Waals surface area contributed by atoms with Crippen LogP contribution in [0.5, 0.6) is 0 Å². The van der Waals surface area contributed by atoms with Crippen LogP contribution >= 0.6 is 0 Å². The fourth-order valence-corrected chi connectivity index (χ4v) is 5.85. The van der Waals surface area contributed by atoms with Gasteiger partial charge in [-0.15, -0.1) is 5.10 Å². The zero-order valence-corrected chi connectivity index (χ0v) is 26.1. The minimum Gasteiger partial charge on any atom is -0.394 e. The molecule has 2 N–H and O–H groups in total. The third kappa shape index (κ3) is 6.46. The van der Waals surface area contributed by atoms with Crippen LogP contribution in [0.1, 0.15) is 65.0 Å². The number of hydrogen-bond acceptors (Lipinski definition) is 6. The van der Waals surface area contributed by atoms with Gasteiger partial charge in [-0.3, -0.25) is 14.3 Å². The zero-order chi connectivity index (χ0) is 31.9. The van der Waals surface area contributed by atoms with Crippen molar-refractivity contribution in [2.45, 2.75) is 79.2 Å². The van der Waals surface area contributed by atoms with E-state index in [1.807, 2.05) is 26.8 Å². The van der Waals surface area contributed by atoms with Crippen molar-refractivity contribution in [3.8, 4) is 0 Å². The molecule has 1 atom stereocenters. The molecule has 2 aromatic heterocycles. The van der Waals surface area contributed by atoms with E-state index in [9.17, 15) is 9.59 Å². The summed E-state index contributed by atoms with van der Waals surface area (Å²) in [5, 5.41) is 13.7. The summed E-state index contributed by atoms with van der Waals surface area (Å²) < 4.78 is 46.6. The van der Waals surface area contributed by atoms with Crippen LogP contribution in [0.3, 0.4) is 0 Å². The Bertz CT molecular complexity index is 1580. The van der Waals surface area contributed by atoms with Gasteiger partial charge in [0.25, 0.3) is 5.91 Å². The third-order valence-electron chi connectivity index (χ3n) is 8.10. The van der Waals surface area contributed by atoms with Crippen LogP contribution in [0.2, 0.25) is 0 Å². The lowest BCUT2D eigenvalue weighted by molar-refractivity contribution is -0.362. The van der Waals surface area contributed by atoms with E-state index in [-0.39, 0.29) is 11.8 Å². The first-order chi connectivity index (χ1) is 20.7. The van der Waals surface area contributed by atoms with Crippen molar-refractivity contribution in [2.75, 3.05) is 13.2 Å². The second-order valence-electron chi connectivity index (χ2n) is 12.7. The van der Waals surface area contributed by atoms with E-state index in [0.717, 1.165) is 10.1 Å². The first-order valence-corrected chi connectivity index (χ1v) is 14.9. The monoisotopic (exact) mass is 611 g/mol. The number of fused-ring (bicyclic) bond motifs is 2. The molecule has 0 bridgehead atoms. The van der Waals surface area contributed by atoms with Crippen LogP contribution in [0.15, 0.2) is 48.0 Å². The van der Waals surface area contributed by atoms with Gasteiger partial charge in [-0.2, -0.15) is 0 Å². The Morgan fingerprint density at radius 1 is 1.18 bits per heavy atom. The number of nitrogens with one attached hydrogen (secondary N) is 2. The lowest BCUT2D eigenvalue weighted by atomic mass is 9.85. The molecular weight excluding hydrogens is 571 g/mol. The Morgan fingerprint density at radius 3 is 2.73 bits per heavy atom. The second-order valence-corrected chi connectivity index (χ2v) is 12.7. The summed E-state index contributed by atoms with van der Waals surface area (Å²) in [6, 6.07) is 3.53. The molecule has 0 saturated carbocycles. The smallest absolute Gasteiger partial charge is 0.394 e. The molecule has 236 valence electrons. The lowest BCUT2D eigenvalue weighted by Gasteiger charge is -2.44. The molecule has 2 aromatic rings. The Morgan fingerprint density at radius 2 is 1.95 bits per heavy atom. The largest absolute Gasteiger partial charge is 0.737 e. The minimum atomic E-state index is -3.97. The lowest BCUT2D eigenvalue weighted by Crippen LogP contribution is -2.55. The van der Waals surface area contributed by atoms with Gasteiger partial charge in [0, 0.05) is 73.7 Å². The maximum Gasteiger partial charge on any atom is 0.737 e. The molecule has 5 heterocycles. The summed E-state index contributed by atoms with van der Waals surface area (Å²) in [6.45, 7) is 8.08. The van der Waals surface area contributed by atoms with Gasteiger partial charge in [0.05, 0.1) is 12.3 Å². The van der Waals surface area contributed by atoms with Crippen molar-refractivity contribution in [3.63, 3.8) is 0 Å². The summed E-state index contributed by atoms with van der Waals surface area (Å²) in [6.07, 6.45) is 8.75. The quantitative estimate of drug-likeness (QED) is 0.315. The van der Waals surface area contributed by atoms with Crippen molar-refractivity contribution in [2.24, 2.45) is 5.41 Å². The first-order valence-electron chi connectivity index (χ1n) is 14.9. The fraction of sp³-hybridized carbons (Fsp3) is 0.500. The van der Waals surface area contributed by atoms with Gasteiger partial charge < -0.3 is 37.7 Å². The highest BCUT2D eigenvalue weighted by Gasteiger charge is 2.52. The number of allylic oxidation sites excluding steroid dienone is 2. The van der Waals surface area contributed by atoms with Gasteiger partial charge in [-0.1, -0.05) is 19.1 Å². The van der Waals surface area contributed by atoms with Crippen molar-refractivity contribution < 1.29 is 32.2 Å². The molecular formula is C30H40BF2N7O4. The van der Waals surface area contributed by atoms with E-state index in [1.165, 1.54) is 16.8 Å². The Hall–Kier alpha value is -3.91. The second kappa shape index (κ2) is 11.9. The normalized spacial score (nSPS) is 21.5. The standard InChI is InChI=1S/C30H40BF2N7O4/c1-20-16-21(2)39-25(20)17-24-10-9-23(40(24)31(39,32)33)8-7-15-38-18-22(36-37-38)11-13-34-26(41)12-14-35-28(42)27-29(3,4)19-43-30(5,6)44-27/h9-10,12,14,16-18,27H,7-8,11,13,15,19H2,1-6H3,(H,34,41)(H,35,42)/b14-12-/t27-/m0/s1. The molecule has 0 spiro atoms. The number of halogens is 2. The first kappa shape index (κ1) is 31.5. The summed E-state index contributed by atoms with van der Waals surface area (Å²) in [5.74, 6) is -1.59. The molecule has 11 nitrogen and oxygen atoms in total. The number of aromatic nitrogens is 4. The highest BCUT2D eigenvalue weighted by atomic mass is 19.2. The number of hydrogen-bond donors (Lipinski definition) is 2. The molecule has 0 unspecified atom stereocenters. The van der Waals surface area contributed by atoms with E-state index in [4.69, 9.17) is 9.47 Å². The Balaban J connectivity index is 1.06. The number of carbonyl (C=O) groups excluding carboxylic acids is 2. The molecule has 0 aromatic carbocycles. The zero-order valence-electron chi connectivity index (χ0n) is 26.1. The number of aryl methyl sites for hydroxylation is 2. The average molecular weight is 612 g/mol. The van der Waals surface area contributed by atoms with Crippen molar-refractivity contribution >= 4 is 30.6 Å². The van der Waals surface area contributed by atoms with Crippen LogP contribution in [-0.2, 0) is 38.4 Å². The number of carbonyl (C=O) groups is 2. The predicted molar refractivity (Wildman–Crippen MR) is 161 cm³/mol. The van der Waals surface area contributed by atoms with Gasteiger partial charge in [0.1, 0.15) is 11.8 Å². The van der Waals surface area contributed by atoms with E-state index >= 15 is 8.63 Å². The minimum absolute atomic E-state index is 0.324. The van der Waals surface area contributed by atoms with Crippen molar-refractivity contribution in [1.29, 1.82) is 0 Å². The molecule has 2 amide bonds. The van der Waals surface area contributed by atoms with Crippen LogP contribution in [-0.4, -0.2) is 73.5 Å². The van der Waals surface area contributed by atoms with E-state index in [0.29, 0.717) is 67.4 Å².